The van der Waals surface area contributed by atoms with Crippen molar-refractivity contribution in [2.24, 2.45) is 0 Å². The molecule has 0 amide bonds. The SMILES string of the molecule is COc1ncc(CC#N)c(C(F)F)c1CCl. The zero-order valence-corrected chi connectivity index (χ0v) is 9.26. The maximum absolute atomic E-state index is 12.9. The third kappa shape index (κ3) is 2.39. The van der Waals surface area contributed by atoms with Gasteiger partial charge in [0.2, 0.25) is 5.88 Å². The number of ether oxygens (including phenoxy) is 1. The number of alkyl halides is 3. The van der Waals surface area contributed by atoms with Crippen LogP contribution in [-0.2, 0) is 12.3 Å². The van der Waals surface area contributed by atoms with Crippen LogP contribution in [0.1, 0.15) is 23.1 Å². The minimum Gasteiger partial charge on any atom is -0.481 e. The van der Waals surface area contributed by atoms with E-state index in [1.54, 1.807) is 0 Å². The lowest BCUT2D eigenvalue weighted by atomic mass is 10.0. The minimum absolute atomic E-state index is 0.0759. The third-order valence-corrected chi connectivity index (χ3v) is 2.35. The maximum atomic E-state index is 12.9. The molecule has 0 radical (unpaired) electrons. The fourth-order valence-corrected chi connectivity index (χ4v) is 1.65. The molecule has 0 aromatic carbocycles. The number of hydrogen-bond acceptors (Lipinski definition) is 3. The van der Waals surface area contributed by atoms with Crippen molar-refractivity contribution in [3.63, 3.8) is 0 Å². The first kappa shape index (κ1) is 12.7. The second-order valence-corrected chi connectivity index (χ2v) is 3.22. The van der Waals surface area contributed by atoms with Crippen molar-refractivity contribution in [3.05, 3.63) is 22.9 Å². The summed E-state index contributed by atoms with van der Waals surface area (Å²) in [7, 11) is 1.33. The lowest BCUT2D eigenvalue weighted by Crippen LogP contribution is -2.04. The third-order valence-electron chi connectivity index (χ3n) is 2.08. The predicted molar refractivity (Wildman–Crippen MR) is 54.6 cm³/mol. The zero-order valence-electron chi connectivity index (χ0n) is 8.51. The lowest BCUT2D eigenvalue weighted by Gasteiger charge is -2.13. The summed E-state index contributed by atoms with van der Waals surface area (Å²) in [5.41, 5.74) is 0.0873. The van der Waals surface area contributed by atoms with E-state index in [4.69, 9.17) is 21.6 Å². The standard InChI is InChI=1S/C10H9ClF2N2O/c1-16-10-7(4-11)8(9(12)13)6(2-3-14)5-15-10/h5,9H,2,4H2,1H3. The van der Waals surface area contributed by atoms with Gasteiger partial charge in [0.25, 0.3) is 6.43 Å². The Labute approximate surface area is 96.6 Å². The molecular weight excluding hydrogens is 238 g/mol. The van der Waals surface area contributed by atoms with Crippen molar-refractivity contribution in [1.82, 2.24) is 4.98 Å². The van der Waals surface area contributed by atoms with E-state index in [9.17, 15) is 8.78 Å². The zero-order chi connectivity index (χ0) is 12.1. The predicted octanol–water partition coefficient (Wildman–Crippen LogP) is 2.83. The Morgan fingerprint density at radius 1 is 1.62 bits per heavy atom. The van der Waals surface area contributed by atoms with Gasteiger partial charge >= 0.3 is 0 Å². The number of nitrogens with zero attached hydrogens (tertiary/aromatic N) is 2. The van der Waals surface area contributed by atoms with Gasteiger partial charge in [0.1, 0.15) is 0 Å². The number of rotatable bonds is 4. The number of hydrogen-bond donors (Lipinski definition) is 0. The second-order valence-electron chi connectivity index (χ2n) is 2.95. The van der Waals surface area contributed by atoms with Crippen molar-refractivity contribution < 1.29 is 13.5 Å². The number of nitriles is 1. The van der Waals surface area contributed by atoms with Crippen LogP contribution in [0, 0.1) is 11.3 Å². The Morgan fingerprint density at radius 2 is 2.31 bits per heavy atom. The van der Waals surface area contributed by atoms with E-state index in [2.05, 4.69) is 4.98 Å². The van der Waals surface area contributed by atoms with E-state index in [1.165, 1.54) is 13.3 Å². The summed E-state index contributed by atoms with van der Waals surface area (Å²) >= 11 is 5.60. The molecule has 0 aliphatic rings. The Morgan fingerprint density at radius 3 is 2.75 bits per heavy atom. The molecule has 0 spiro atoms. The Balaban J connectivity index is 3.39. The highest BCUT2D eigenvalue weighted by molar-refractivity contribution is 6.17. The van der Waals surface area contributed by atoms with Gasteiger partial charge in [0, 0.05) is 17.3 Å². The molecule has 0 aliphatic carbocycles. The van der Waals surface area contributed by atoms with Crippen LogP contribution in [0.2, 0.25) is 0 Å². The molecule has 0 atom stereocenters. The fourth-order valence-electron chi connectivity index (χ4n) is 1.40. The summed E-state index contributed by atoms with van der Waals surface area (Å²) < 4.78 is 30.6. The quantitative estimate of drug-likeness (QED) is 0.768. The molecular formula is C10H9ClF2N2O. The molecule has 0 saturated heterocycles. The molecule has 0 aliphatic heterocycles. The molecule has 1 aromatic rings. The Bertz CT molecular complexity index is 418. The van der Waals surface area contributed by atoms with Crippen LogP contribution < -0.4 is 4.74 Å². The van der Waals surface area contributed by atoms with E-state index < -0.39 is 6.43 Å². The summed E-state index contributed by atoms with van der Waals surface area (Å²) in [5, 5.41) is 8.53. The monoisotopic (exact) mass is 246 g/mol. The van der Waals surface area contributed by atoms with E-state index in [1.807, 2.05) is 6.07 Å². The van der Waals surface area contributed by atoms with E-state index in [0.717, 1.165) is 0 Å². The molecule has 86 valence electrons. The van der Waals surface area contributed by atoms with Crippen molar-refractivity contribution in [2.45, 2.75) is 18.7 Å². The average Bonchev–Trinajstić information content (AvgIpc) is 2.28. The molecule has 1 heterocycles. The highest BCUT2D eigenvalue weighted by Crippen LogP contribution is 2.32. The van der Waals surface area contributed by atoms with E-state index >= 15 is 0 Å². The van der Waals surface area contributed by atoms with Gasteiger partial charge in [-0.1, -0.05) is 0 Å². The van der Waals surface area contributed by atoms with E-state index in [-0.39, 0.29) is 34.9 Å². The largest absolute Gasteiger partial charge is 0.481 e. The number of aromatic nitrogens is 1. The summed E-state index contributed by atoms with van der Waals surface area (Å²) in [6, 6.07) is 1.81. The molecule has 0 N–H and O–H groups in total. The van der Waals surface area contributed by atoms with Gasteiger partial charge in [-0.3, -0.25) is 0 Å². The summed E-state index contributed by atoms with van der Waals surface area (Å²) in [5.74, 6) is -0.0539. The van der Waals surface area contributed by atoms with Crippen molar-refractivity contribution >= 4 is 11.6 Å². The van der Waals surface area contributed by atoms with Crippen molar-refractivity contribution in [3.8, 4) is 11.9 Å². The molecule has 16 heavy (non-hydrogen) atoms. The topological polar surface area (TPSA) is 45.9 Å². The van der Waals surface area contributed by atoms with E-state index in [0.29, 0.717) is 0 Å². The summed E-state index contributed by atoms with van der Waals surface area (Å²) in [6.45, 7) is 0. The molecule has 1 aromatic heterocycles. The fraction of sp³-hybridized carbons (Fsp3) is 0.400. The van der Waals surface area contributed by atoms with Crippen LogP contribution >= 0.6 is 11.6 Å². The van der Waals surface area contributed by atoms with Crippen molar-refractivity contribution in [2.75, 3.05) is 7.11 Å². The summed E-state index contributed by atoms with van der Waals surface area (Å²) in [4.78, 5) is 3.84. The van der Waals surface area contributed by atoms with Gasteiger partial charge in [-0.2, -0.15) is 5.26 Å². The smallest absolute Gasteiger partial charge is 0.264 e. The van der Waals surface area contributed by atoms with Gasteiger partial charge in [0.15, 0.2) is 0 Å². The van der Waals surface area contributed by atoms with Crippen LogP contribution in [0.5, 0.6) is 5.88 Å². The van der Waals surface area contributed by atoms with Gasteiger partial charge < -0.3 is 4.74 Å². The van der Waals surface area contributed by atoms with Crippen LogP contribution in [0.4, 0.5) is 8.78 Å². The molecule has 0 saturated carbocycles. The van der Waals surface area contributed by atoms with Crippen LogP contribution in [0.25, 0.3) is 0 Å². The van der Waals surface area contributed by atoms with Crippen LogP contribution in [0.15, 0.2) is 6.20 Å². The van der Waals surface area contributed by atoms with Gasteiger partial charge in [-0.05, 0) is 5.56 Å². The Hall–Kier alpha value is -1.41. The normalized spacial score (nSPS) is 10.2. The number of pyridine rings is 1. The molecule has 0 fully saturated rings. The van der Waals surface area contributed by atoms with Gasteiger partial charge in [-0.25, -0.2) is 13.8 Å². The van der Waals surface area contributed by atoms with Gasteiger partial charge in [0.05, 0.1) is 25.5 Å². The Kier molecular flexibility index (Phi) is 4.44. The highest BCUT2D eigenvalue weighted by Gasteiger charge is 2.21. The van der Waals surface area contributed by atoms with Crippen LogP contribution in [0.3, 0.4) is 0 Å². The minimum atomic E-state index is -2.70. The first-order valence-corrected chi connectivity index (χ1v) is 4.94. The molecule has 1 rings (SSSR count). The second kappa shape index (κ2) is 5.61. The van der Waals surface area contributed by atoms with Gasteiger partial charge in [-0.15, -0.1) is 11.6 Å². The first-order chi connectivity index (χ1) is 7.65. The number of halogens is 3. The molecule has 0 unspecified atom stereocenters. The highest BCUT2D eigenvalue weighted by atomic mass is 35.5. The molecule has 6 heteroatoms. The number of methoxy groups -OCH3 is 1. The first-order valence-electron chi connectivity index (χ1n) is 4.41. The van der Waals surface area contributed by atoms with Crippen molar-refractivity contribution in [1.29, 1.82) is 5.26 Å². The average molecular weight is 247 g/mol. The molecule has 0 bridgehead atoms. The maximum Gasteiger partial charge on any atom is 0.264 e. The van der Waals surface area contributed by atoms with Crippen LogP contribution in [-0.4, -0.2) is 12.1 Å². The molecule has 3 nitrogen and oxygen atoms in total. The lowest BCUT2D eigenvalue weighted by molar-refractivity contribution is 0.148. The summed E-state index contributed by atoms with van der Waals surface area (Å²) in [6.07, 6.45) is -1.60.